The number of aromatic nitrogens is 1. The highest BCUT2D eigenvalue weighted by atomic mass is 19.4. The number of pyridine rings is 1. The van der Waals surface area contributed by atoms with Crippen molar-refractivity contribution >= 4 is 22.8 Å². The topological polar surface area (TPSA) is 121 Å². The van der Waals surface area contributed by atoms with Crippen LogP contribution in [0.4, 0.5) is 13.2 Å². The normalized spacial score (nSPS) is 11.3. The predicted octanol–water partition coefficient (Wildman–Crippen LogP) is 1.05. The van der Waals surface area contributed by atoms with Gasteiger partial charge in [0.2, 0.25) is 0 Å². The van der Waals surface area contributed by atoms with Gasteiger partial charge in [-0.05, 0) is 12.1 Å². The average molecular weight is 388 g/mol. The van der Waals surface area contributed by atoms with Crippen LogP contribution in [0.1, 0.15) is 5.56 Å². The second-order valence-corrected chi connectivity index (χ2v) is 5.25. The number of H-pyrrole nitrogens is 1. The molecular weight excluding hydrogens is 373 g/mol. The molecule has 11 heteroatoms. The van der Waals surface area contributed by atoms with Crippen molar-refractivity contribution in [2.24, 2.45) is 5.73 Å². The summed E-state index contributed by atoms with van der Waals surface area (Å²) in [6.07, 6.45) is -5.55. The Labute approximate surface area is 150 Å². The summed E-state index contributed by atoms with van der Waals surface area (Å²) in [7, 11) is 1.15. The molecule has 3 N–H and O–H groups in total. The van der Waals surface area contributed by atoms with Gasteiger partial charge in [0.1, 0.15) is 18.1 Å². The lowest BCUT2D eigenvalue weighted by Gasteiger charge is -2.14. The number of ether oxygens (including phenoxy) is 3. The van der Waals surface area contributed by atoms with Gasteiger partial charge in [-0.25, -0.2) is 4.79 Å². The van der Waals surface area contributed by atoms with E-state index in [1.807, 2.05) is 0 Å². The molecule has 27 heavy (non-hydrogen) atoms. The number of aromatic amines is 1. The van der Waals surface area contributed by atoms with Crippen LogP contribution < -0.4 is 20.8 Å². The van der Waals surface area contributed by atoms with Crippen molar-refractivity contribution in [1.29, 1.82) is 0 Å². The van der Waals surface area contributed by atoms with Crippen molar-refractivity contribution in [1.82, 2.24) is 4.98 Å². The number of carbonyl (C=O) groups excluding carboxylic acids is 2. The summed E-state index contributed by atoms with van der Waals surface area (Å²) >= 11 is 0. The number of methoxy groups -OCH3 is 1. The molecule has 0 bridgehead atoms. The van der Waals surface area contributed by atoms with Gasteiger partial charge in [0.15, 0.2) is 0 Å². The van der Waals surface area contributed by atoms with Crippen LogP contribution in [0.15, 0.2) is 23.0 Å². The minimum atomic E-state index is -5.16. The van der Waals surface area contributed by atoms with Gasteiger partial charge in [0.25, 0.3) is 5.56 Å². The van der Waals surface area contributed by atoms with Crippen LogP contribution in [0.5, 0.6) is 11.5 Å². The first-order valence-electron chi connectivity index (χ1n) is 7.55. The molecule has 0 atom stereocenters. The van der Waals surface area contributed by atoms with E-state index in [9.17, 15) is 27.6 Å². The maximum Gasteiger partial charge on any atom is 0.491 e. The summed E-state index contributed by atoms with van der Waals surface area (Å²) in [5.74, 6) is -3.47. The fourth-order valence-corrected chi connectivity index (χ4v) is 2.22. The number of alkyl halides is 3. The molecule has 146 valence electrons. The largest absolute Gasteiger partial charge is 0.491 e. The van der Waals surface area contributed by atoms with Crippen LogP contribution in [0, 0.1) is 0 Å². The number of halogens is 3. The molecule has 1 heterocycles. The highest BCUT2D eigenvalue weighted by Crippen LogP contribution is 2.30. The predicted molar refractivity (Wildman–Crippen MR) is 86.5 cm³/mol. The highest BCUT2D eigenvalue weighted by molar-refractivity contribution is 5.89. The van der Waals surface area contributed by atoms with Crippen LogP contribution in [0.3, 0.4) is 0 Å². The Morgan fingerprint density at radius 1 is 1.26 bits per heavy atom. The first-order chi connectivity index (χ1) is 12.7. The molecule has 0 fully saturated rings. The highest BCUT2D eigenvalue weighted by Gasteiger charge is 2.41. The van der Waals surface area contributed by atoms with Gasteiger partial charge >= 0.3 is 18.1 Å². The first kappa shape index (κ1) is 20.2. The second-order valence-electron chi connectivity index (χ2n) is 5.25. The van der Waals surface area contributed by atoms with Crippen molar-refractivity contribution in [2.75, 3.05) is 20.3 Å². The zero-order valence-electron chi connectivity index (χ0n) is 14.0. The molecule has 0 spiro atoms. The van der Waals surface area contributed by atoms with Gasteiger partial charge in [-0.15, -0.1) is 0 Å². The number of nitrogens with one attached hydrogen (secondary N) is 1. The number of fused-ring (bicyclic) bond motifs is 1. The Balaban J connectivity index is 2.53. The minimum absolute atomic E-state index is 0.0252. The molecular formula is C16H15F3N2O6. The molecule has 0 aliphatic carbocycles. The monoisotopic (exact) mass is 388 g/mol. The maximum absolute atomic E-state index is 12.3. The number of rotatable bonds is 6. The number of benzene rings is 1. The van der Waals surface area contributed by atoms with Gasteiger partial charge < -0.3 is 24.9 Å². The molecule has 0 aliphatic rings. The summed E-state index contributed by atoms with van der Waals surface area (Å²) in [5, 5.41) is 0.286. The molecule has 8 nitrogen and oxygen atoms in total. The van der Waals surface area contributed by atoms with Crippen LogP contribution in [-0.2, 0) is 20.7 Å². The third-order valence-electron chi connectivity index (χ3n) is 3.39. The van der Waals surface area contributed by atoms with Gasteiger partial charge in [0, 0.05) is 18.0 Å². The zero-order valence-corrected chi connectivity index (χ0v) is 14.0. The van der Waals surface area contributed by atoms with E-state index in [2.05, 4.69) is 14.5 Å². The molecule has 0 radical (unpaired) electrons. The Morgan fingerprint density at radius 3 is 2.56 bits per heavy atom. The van der Waals surface area contributed by atoms with Crippen LogP contribution >= 0.6 is 0 Å². The smallest absolute Gasteiger partial charge is 0.491 e. The standard InChI is InChI=1S/C16H15F3N2O6/c1-25-12(22)7-10-13(26-5-4-20)9-3-2-8(6-11(9)21-14(10)23)27-15(24)16(17,18)19/h2-3,6H,4-5,7,20H2,1H3,(H,21,23). The summed E-state index contributed by atoms with van der Waals surface area (Å²) in [4.78, 5) is 37.2. The third-order valence-corrected chi connectivity index (χ3v) is 3.39. The fraction of sp³-hybridized carbons (Fsp3) is 0.312. The zero-order chi connectivity index (χ0) is 20.2. The molecule has 0 saturated heterocycles. The second kappa shape index (κ2) is 8.08. The van der Waals surface area contributed by atoms with Crippen LogP contribution in [0.2, 0.25) is 0 Å². The van der Waals surface area contributed by atoms with Gasteiger partial charge in [-0.1, -0.05) is 0 Å². The molecule has 1 aromatic heterocycles. The number of nitrogens with two attached hydrogens (primary N) is 1. The SMILES string of the molecule is COC(=O)Cc1c(OCCN)c2ccc(OC(=O)C(F)(F)F)cc2[nH]c1=O. The van der Waals surface area contributed by atoms with E-state index < -0.39 is 29.4 Å². The van der Waals surface area contributed by atoms with Crippen molar-refractivity contribution in [3.05, 3.63) is 34.1 Å². The van der Waals surface area contributed by atoms with Crippen molar-refractivity contribution in [3.63, 3.8) is 0 Å². The van der Waals surface area contributed by atoms with E-state index in [0.717, 1.165) is 19.2 Å². The molecule has 2 aromatic rings. The minimum Gasteiger partial charge on any atom is -0.491 e. The number of carbonyl (C=O) groups is 2. The molecule has 0 aliphatic heterocycles. The Bertz CT molecular complexity index is 923. The van der Waals surface area contributed by atoms with E-state index in [4.69, 9.17) is 10.5 Å². The molecule has 1 aromatic carbocycles. The summed E-state index contributed by atoms with van der Waals surface area (Å²) in [6, 6.07) is 3.43. The molecule has 2 rings (SSSR count). The van der Waals surface area contributed by atoms with E-state index in [1.54, 1.807) is 0 Å². The lowest BCUT2D eigenvalue weighted by atomic mass is 10.1. The van der Waals surface area contributed by atoms with Gasteiger partial charge in [-0.2, -0.15) is 13.2 Å². The molecule has 0 saturated carbocycles. The Morgan fingerprint density at radius 2 is 1.96 bits per heavy atom. The summed E-state index contributed by atoms with van der Waals surface area (Å²) < 4.78 is 51.2. The van der Waals surface area contributed by atoms with Crippen molar-refractivity contribution in [3.8, 4) is 11.5 Å². The van der Waals surface area contributed by atoms with E-state index in [1.165, 1.54) is 6.07 Å². The lowest BCUT2D eigenvalue weighted by molar-refractivity contribution is -0.189. The Hall–Kier alpha value is -3.08. The third kappa shape index (κ3) is 4.76. The maximum atomic E-state index is 12.3. The van der Waals surface area contributed by atoms with Crippen LogP contribution in [-0.4, -0.2) is 43.4 Å². The number of hydrogen-bond acceptors (Lipinski definition) is 7. The number of hydrogen-bond donors (Lipinski definition) is 2. The number of esters is 2. The van der Waals surface area contributed by atoms with Crippen LogP contribution in [0.25, 0.3) is 10.9 Å². The van der Waals surface area contributed by atoms with Gasteiger partial charge in [0.05, 0.1) is 24.6 Å². The molecule has 0 amide bonds. The molecule has 0 unspecified atom stereocenters. The van der Waals surface area contributed by atoms with E-state index in [0.29, 0.717) is 0 Å². The van der Waals surface area contributed by atoms with Crippen molar-refractivity contribution < 1.29 is 37.0 Å². The first-order valence-corrected chi connectivity index (χ1v) is 7.55. The Kier molecular flexibility index (Phi) is 6.05. The fourth-order valence-electron chi connectivity index (χ4n) is 2.22. The van der Waals surface area contributed by atoms with Gasteiger partial charge in [-0.3, -0.25) is 9.59 Å². The van der Waals surface area contributed by atoms with Crippen molar-refractivity contribution in [2.45, 2.75) is 12.6 Å². The van der Waals surface area contributed by atoms with E-state index >= 15 is 0 Å². The lowest BCUT2D eigenvalue weighted by Crippen LogP contribution is -2.28. The quantitative estimate of drug-likeness (QED) is 0.560. The summed E-state index contributed by atoms with van der Waals surface area (Å²) in [6.45, 7) is 0.144. The summed E-state index contributed by atoms with van der Waals surface area (Å²) in [5.41, 5.74) is 4.70. The average Bonchev–Trinajstić information content (AvgIpc) is 2.60. The van der Waals surface area contributed by atoms with E-state index in [-0.39, 0.29) is 41.8 Å².